The average Bonchev–Trinajstić information content (AvgIpc) is 2.16. The molecule has 0 bridgehead atoms. The van der Waals surface area contributed by atoms with Crippen LogP contribution in [0.3, 0.4) is 0 Å². The summed E-state index contributed by atoms with van der Waals surface area (Å²) >= 11 is 0. The molecule has 2 heteroatoms. The first-order valence-electron chi connectivity index (χ1n) is 5.12. The summed E-state index contributed by atoms with van der Waals surface area (Å²) in [6.07, 6.45) is 0. The zero-order valence-electron chi connectivity index (χ0n) is 9.32. The zero-order chi connectivity index (χ0) is 11.1. The summed E-state index contributed by atoms with van der Waals surface area (Å²) in [5.41, 5.74) is 1.43. The van der Waals surface area contributed by atoms with Gasteiger partial charge < -0.3 is 5.21 Å². The lowest BCUT2D eigenvalue weighted by Crippen LogP contribution is -2.38. The van der Waals surface area contributed by atoms with Gasteiger partial charge in [0.2, 0.25) is 5.52 Å². The SMILES string of the molecule is CC(C)(C)c1ccc2ccccc2[n+]1[O-]. The lowest BCUT2D eigenvalue weighted by Gasteiger charge is -2.18. The molecule has 0 saturated heterocycles. The third-order valence-corrected chi connectivity index (χ3v) is 2.56. The van der Waals surface area contributed by atoms with Gasteiger partial charge in [0, 0.05) is 22.9 Å². The summed E-state index contributed by atoms with van der Waals surface area (Å²) < 4.78 is 1.04. The molecule has 0 aliphatic carbocycles. The molecule has 0 amide bonds. The zero-order valence-corrected chi connectivity index (χ0v) is 9.32. The molecule has 1 heterocycles. The van der Waals surface area contributed by atoms with Crippen LogP contribution < -0.4 is 4.73 Å². The van der Waals surface area contributed by atoms with E-state index in [4.69, 9.17) is 0 Å². The van der Waals surface area contributed by atoms with Crippen molar-refractivity contribution in [3.8, 4) is 0 Å². The molecule has 0 saturated carbocycles. The average molecular weight is 201 g/mol. The van der Waals surface area contributed by atoms with E-state index < -0.39 is 0 Å². The largest absolute Gasteiger partial charge is 0.618 e. The van der Waals surface area contributed by atoms with Crippen molar-refractivity contribution >= 4 is 10.9 Å². The number of hydrogen-bond acceptors (Lipinski definition) is 1. The first-order valence-corrected chi connectivity index (χ1v) is 5.12. The second kappa shape index (κ2) is 3.23. The molecule has 78 valence electrons. The molecule has 0 spiro atoms. The van der Waals surface area contributed by atoms with Gasteiger partial charge in [-0.05, 0) is 12.1 Å². The number of benzene rings is 1. The number of fused-ring (bicyclic) bond motifs is 1. The Morgan fingerprint density at radius 2 is 1.67 bits per heavy atom. The van der Waals surface area contributed by atoms with Crippen molar-refractivity contribution in [1.82, 2.24) is 0 Å². The van der Waals surface area contributed by atoms with Gasteiger partial charge in [0.1, 0.15) is 0 Å². The van der Waals surface area contributed by atoms with Gasteiger partial charge in [0.15, 0.2) is 5.69 Å². The van der Waals surface area contributed by atoms with Crippen LogP contribution in [0.2, 0.25) is 0 Å². The molecular weight excluding hydrogens is 186 g/mol. The maximum Gasteiger partial charge on any atom is 0.223 e. The molecule has 0 aliphatic rings. The smallest absolute Gasteiger partial charge is 0.223 e. The van der Waals surface area contributed by atoms with Crippen LogP contribution in [0.25, 0.3) is 10.9 Å². The number of para-hydroxylation sites is 1. The van der Waals surface area contributed by atoms with E-state index >= 15 is 0 Å². The minimum absolute atomic E-state index is 0.119. The fraction of sp³-hybridized carbons (Fsp3) is 0.308. The quantitative estimate of drug-likeness (QED) is 0.475. The van der Waals surface area contributed by atoms with E-state index in [0.29, 0.717) is 0 Å². The summed E-state index contributed by atoms with van der Waals surface area (Å²) in [4.78, 5) is 0. The van der Waals surface area contributed by atoms with Crippen LogP contribution in [-0.2, 0) is 5.41 Å². The molecular formula is C13H15NO. The Labute approximate surface area is 89.8 Å². The van der Waals surface area contributed by atoms with Gasteiger partial charge in [0.05, 0.1) is 0 Å². The van der Waals surface area contributed by atoms with Gasteiger partial charge in [-0.15, -0.1) is 0 Å². The molecule has 15 heavy (non-hydrogen) atoms. The Morgan fingerprint density at radius 3 is 2.33 bits per heavy atom. The Balaban J connectivity index is 2.76. The van der Waals surface area contributed by atoms with Gasteiger partial charge in [-0.2, -0.15) is 4.73 Å². The highest BCUT2D eigenvalue weighted by Crippen LogP contribution is 2.20. The maximum atomic E-state index is 12.1. The molecule has 0 fully saturated rings. The van der Waals surface area contributed by atoms with Crippen molar-refractivity contribution in [2.45, 2.75) is 26.2 Å². The van der Waals surface area contributed by atoms with Crippen LogP contribution in [0.4, 0.5) is 0 Å². The van der Waals surface area contributed by atoms with Crippen molar-refractivity contribution < 1.29 is 4.73 Å². The predicted octanol–water partition coefficient (Wildman–Crippen LogP) is 2.77. The van der Waals surface area contributed by atoms with Gasteiger partial charge in [-0.1, -0.05) is 32.9 Å². The van der Waals surface area contributed by atoms with Crippen LogP contribution in [-0.4, -0.2) is 0 Å². The number of pyridine rings is 1. The van der Waals surface area contributed by atoms with Crippen LogP contribution in [0, 0.1) is 5.21 Å². The monoisotopic (exact) mass is 201 g/mol. The van der Waals surface area contributed by atoms with E-state index in [1.165, 1.54) is 0 Å². The van der Waals surface area contributed by atoms with E-state index in [0.717, 1.165) is 21.3 Å². The Kier molecular flexibility index (Phi) is 2.14. The van der Waals surface area contributed by atoms with E-state index in [1.807, 2.05) is 57.2 Å². The number of nitrogens with zero attached hydrogens (tertiary/aromatic N) is 1. The summed E-state index contributed by atoms with van der Waals surface area (Å²) in [5, 5.41) is 13.1. The molecule has 2 nitrogen and oxygen atoms in total. The maximum absolute atomic E-state index is 12.1. The van der Waals surface area contributed by atoms with Gasteiger partial charge in [0.25, 0.3) is 0 Å². The van der Waals surface area contributed by atoms with Crippen LogP contribution in [0.1, 0.15) is 26.5 Å². The van der Waals surface area contributed by atoms with Gasteiger partial charge in [-0.25, -0.2) is 0 Å². The molecule has 2 aromatic rings. The molecule has 0 atom stereocenters. The van der Waals surface area contributed by atoms with Crippen LogP contribution in [0.5, 0.6) is 0 Å². The van der Waals surface area contributed by atoms with Crippen molar-refractivity contribution in [3.63, 3.8) is 0 Å². The minimum atomic E-state index is -0.119. The van der Waals surface area contributed by atoms with Crippen LogP contribution >= 0.6 is 0 Å². The standard InChI is InChI=1S/C13H15NO/c1-13(2,3)12-9-8-10-6-4-5-7-11(10)14(12)15/h4-9H,1-3H3. The first kappa shape index (κ1) is 9.97. The molecule has 2 rings (SSSR count). The lowest BCUT2D eigenvalue weighted by molar-refractivity contribution is -0.590. The molecule has 1 aromatic heterocycles. The summed E-state index contributed by atoms with van der Waals surface area (Å²) in [5.74, 6) is 0. The highest BCUT2D eigenvalue weighted by atomic mass is 16.5. The van der Waals surface area contributed by atoms with Crippen molar-refractivity contribution in [2.75, 3.05) is 0 Å². The highest BCUT2D eigenvalue weighted by Gasteiger charge is 2.23. The Bertz CT molecular complexity index is 497. The predicted molar refractivity (Wildman–Crippen MR) is 61.6 cm³/mol. The first-order chi connectivity index (χ1) is 7.00. The lowest BCUT2D eigenvalue weighted by atomic mass is 9.91. The van der Waals surface area contributed by atoms with Gasteiger partial charge in [-0.3, -0.25) is 0 Å². The Hall–Kier alpha value is -1.57. The van der Waals surface area contributed by atoms with Crippen LogP contribution in [0.15, 0.2) is 36.4 Å². The summed E-state index contributed by atoms with van der Waals surface area (Å²) in [6, 6.07) is 11.6. The fourth-order valence-corrected chi connectivity index (χ4v) is 1.73. The van der Waals surface area contributed by atoms with E-state index in [9.17, 15) is 5.21 Å². The number of aromatic nitrogens is 1. The Morgan fingerprint density at radius 1 is 1.00 bits per heavy atom. The van der Waals surface area contributed by atoms with E-state index in [2.05, 4.69) is 0 Å². The summed E-state index contributed by atoms with van der Waals surface area (Å²) in [6.45, 7) is 6.14. The molecule has 0 unspecified atom stereocenters. The summed E-state index contributed by atoms with van der Waals surface area (Å²) in [7, 11) is 0. The molecule has 0 aliphatic heterocycles. The second-order valence-corrected chi connectivity index (χ2v) is 4.82. The number of rotatable bonds is 0. The third kappa shape index (κ3) is 1.67. The normalized spacial score (nSPS) is 11.9. The van der Waals surface area contributed by atoms with Crippen molar-refractivity contribution in [2.24, 2.45) is 0 Å². The molecule has 1 aromatic carbocycles. The van der Waals surface area contributed by atoms with Crippen molar-refractivity contribution in [1.29, 1.82) is 0 Å². The van der Waals surface area contributed by atoms with Gasteiger partial charge >= 0.3 is 0 Å². The van der Waals surface area contributed by atoms with E-state index in [1.54, 1.807) is 0 Å². The topological polar surface area (TPSA) is 26.9 Å². The highest BCUT2D eigenvalue weighted by molar-refractivity contribution is 5.75. The third-order valence-electron chi connectivity index (χ3n) is 2.56. The van der Waals surface area contributed by atoms with E-state index in [-0.39, 0.29) is 5.41 Å². The number of hydrogen-bond donors (Lipinski definition) is 0. The fourth-order valence-electron chi connectivity index (χ4n) is 1.73. The minimum Gasteiger partial charge on any atom is -0.618 e. The second-order valence-electron chi connectivity index (χ2n) is 4.82. The van der Waals surface area contributed by atoms with Crippen molar-refractivity contribution in [3.05, 3.63) is 47.3 Å². The molecule has 0 radical (unpaired) electrons. The molecule has 0 N–H and O–H groups in total.